The number of Topliss-reactive ketones (excluding diaryl/α,β-unsaturated/α-hetero) is 1. The molecule has 0 saturated heterocycles. The van der Waals surface area contributed by atoms with Gasteiger partial charge in [0, 0.05) is 32.1 Å². The molecule has 0 atom stereocenters. The van der Waals surface area contributed by atoms with Crippen molar-refractivity contribution in [2.45, 2.75) is 33.6 Å². The smallest absolute Gasteiger partial charge is 0.195 e. The van der Waals surface area contributed by atoms with Crippen LogP contribution in [0.3, 0.4) is 0 Å². The maximum absolute atomic E-state index is 11.3. The van der Waals surface area contributed by atoms with Gasteiger partial charge >= 0.3 is 0 Å². The van der Waals surface area contributed by atoms with E-state index in [1.54, 1.807) is 13.1 Å². The molecule has 3 heteroatoms. The lowest BCUT2D eigenvalue weighted by Gasteiger charge is -2.16. The Labute approximate surface area is 92.1 Å². The molecule has 0 amide bonds. The summed E-state index contributed by atoms with van der Waals surface area (Å²) < 4.78 is 5.57. The molecule has 0 aromatic rings. The molecule has 1 fully saturated rings. The van der Waals surface area contributed by atoms with Crippen LogP contribution in [0.1, 0.15) is 33.6 Å². The van der Waals surface area contributed by atoms with Crippen molar-refractivity contribution < 1.29 is 9.53 Å². The first-order valence-electron chi connectivity index (χ1n) is 5.53. The highest BCUT2D eigenvalue weighted by molar-refractivity contribution is 5.91. The van der Waals surface area contributed by atoms with E-state index in [1.807, 2.05) is 18.9 Å². The fourth-order valence-electron chi connectivity index (χ4n) is 1.13. The van der Waals surface area contributed by atoms with Gasteiger partial charge in [-0.15, -0.1) is 0 Å². The molecule has 0 heterocycles. The number of hydrogen-bond donors (Lipinski definition) is 0. The van der Waals surface area contributed by atoms with Crippen LogP contribution in [-0.2, 0) is 9.53 Å². The number of nitrogens with zero attached hydrogens (tertiary/aromatic N) is 1. The Morgan fingerprint density at radius 2 is 2.13 bits per heavy atom. The quantitative estimate of drug-likeness (QED) is 0.498. The van der Waals surface area contributed by atoms with Gasteiger partial charge in [0.2, 0.25) is 0 Å². The van der Waals surface area contributed by atoms with Crippen LogP contribution in [0.2, 0.25) is 0 Å². The first kappa shape index (κ1) is 12.1. The fourth-order valence-corrected chi connectivity index (χ4v) is 1.13. The molecule has 0 bridgehead atoms. The Morgan fingerprint density at radius 1 is 1.53 bits per heavy atom. The highest BCUT2D eigenvalue weighted by Gasteiger charge is 2.38. The molecule has 1 aliphatic rings. The predicted molar refractivity (Wildman–Crippen MR) is 60.4 cm³/mol. The van der Waals surface area contributed by atoms with Gasteiger partial charge in [0.1, 0.15) is 0 Å². The second-order valence-corrected chi connectivity index (χ2v) is 4.72. The number of ketones is 1. The summed E-state index contributed by atoms with van der Waals surface area (Å²) in [5, 5.41) is 0. The van der Waals surface area contributed by atoms with Crippen molar-refractivity contribution >= 4 is 5.78 Å². The van der Waals surface area contributed by atoms with Crippen molar-refractivity contribution in [3.05, 3.63) is 12.0 Å². The molecule has 1 saturated carbocycles. The number of rotatable bonds is 6. The molecule has 0 radical (unpaired) electrons. The fraction of sp³-hybridized carbons (Fsp3) is 0.750. The summed E-state index contributed by atoms with van der Waals surface area (Å²) in [6.45, 7) is 7.31. The molecule has 3 nitrogen and oxygen atoms in total. The third kappa shape index (κ3) is 3.94. The highest BCUT2D eigenvalue weighted by Crippen LogP contribution is 2.45. The van der Waals surface area contributed by atoms with Gasteiger partial charge in [-0.3, -0.25) is 4.79 Å². The zero-order chi connectivity index (χ0) is 11.5. The van der Waals surface area contributed by atoms with E-state index >= 15 is 0 Å². The molecule has 1 aliphatic carbocycles. The lowest BCUT2D eigenvalue weighted by molar-refractivity contribution is -0.117. The van der Waals surface area contributed by atoms with Crippen molar-refractivity contribution in [2.24, 2.45) is 5.41 Å². The van der Waals surface area contributed by atoms with E-state index in [4.69, 9.17) is 4.74 Å². The Balaban J connectivity index is 2.50. The molecule has 0 spiro atoms. The van der Waals surface area contributed by atoms with Gasteiger partial charge < -0.3 is 9.64 Å². The second kappa shape index (κ2) is 4.69. The van der Waals surface area contributed by atoms with Crippen molar-refractivity contribution in [1.82, 2.24) is 4.90 Å². The lowest BCUT2D eigenvalue weighted by atomic mass is 10.2. The zero-order valence-electron chi connectivity index (χ0n) is 10.2. The van der Waals surface area contributed by atoms with Crippen molar-refractivity contribution in [1.29, 1.82) is 0 Å². The molecule has 0 aromatic heterocycles. The van der Waals surface area contributed by atoms with Crippen molar-refractivity contribution in [3.8, 4) is 0 Å². The van der Waals surface area contributed by atoms with E-state index in [1.165, 1.54) is 12.8 Å². The molecular weight excluding hydrogens is 190 g/mol. The molecule has 1 rings (SSSR count). The third-order valence-corrected chi connectivity index (χ3v) is 2.86. The number of allylic oxidation sites excluding steroid dienone is 1. The number of ether oxygens (including phenoxy) is 1. The molecule has 0 aliphatic heterocycles. The normalized spacial score (nSPS) is 18.5. The Hall–Kier alpha value is -0.990. The molecule has 86 valence electrons. The number of carbonyl (C=O) groups is 1. The molecule has 0 unspecified atom stereocenters. The average Bonchev–Trinajstić information content (AvgIpc) is 2.90. The van der Waals surface area contributed by atoms with Crippen LogP contribution in [0.15, 0.2) is 12.0 Å². The second-order valence-electron chi connectivity index (χ2n) is 4.72. The lowest BCUT2D eigenvalue weighted by Crippen LogP contribution is -2.16. The minimum atomic E-state index is -0.000417. The van der Waals surface area contributed by atoms with Gasteiger partial charge in [-0.1, -0.05) is 6.92 Å². The Kier molecular flexibility index (Phi) is 3.77. The highest BCUT2D eigenvalue weighted by atomic mass is 16.5. The van der Waals surface area contributed by atoms with E-state index in [0.717, 1.165) is 6.54 Å². The van der Waals surface area contributed by atoms with Crippen LogP contribution in [0.25, 0.3) is 0 Å². The van der Waals surface area contributed by atoms with E-state index in [0.29, 0.717) is 17.8 Å². The number of hydrogen-bond acceptors (Lipinski definition) is 3. The van der Waals surface area contributed by atoms with Gasteiger partial charge in [-0.05, 0) is 19.8 Å². The van der Waals surface area contributed by atoms with Gasteiger partial charge in [0.15, 0.2) is 11.5 Å². The maximum atomic E-state index is 11.3. The van der Waals surface area contributed by atoms with Crippen LogP contribution in [0, 0.1) is 5.41 Å². The van der Waals surface area contributed by atoms with Gasteiger partial charge in [-0.2, -0.15) is 0 Å². The van der Waals surface area contributed by atoms with Crippen LogP contribution in [-0.4, -0.2) is 30.9 Å². The maximum Gasteiger partial charge on any atom is 0.195 e. The Bertz CT molecular complexity index is 267. The first-order valence-corrected chi connectivity index (χ1v) is 5.53. The van der Waals surface area contributed by atoms with Crippen LogP contribution >= 0.6 is 0 Å². The summed E-state index contributed by atoms with van der Waals surface area (Å²) in [7, 11) is 1.94. The number of carbonyl (C=O) groups excluding carboxylic acids is 1. The van der Waals surface area contributed by atoms with Crippen molar-refractivity contribution in [2.75, 3.05) is 20.2 Å². The van der Waals surface area contributed by atoms with Gasteiger partial charge in [0.05, 0.1) is 6.61 Å². The molecule has 0 N–H and O–H groups in total. The van der Waals surface area contributed by atoms with E-state index < -0.39 is 0 Å². The standard InChI is InChI=1S/C12H21NO2/c1-5-13(4)8-11(10(2)14)15-9-12(3)6-7-12/h8H,5-7,9H2,1-4H3/b11-8+. The van der Waals surface area contributed by atoms with E-state index in [9.17, 15) is 4.79 Å². The average molecular weight is 211 g/mol. The summed E-state index contributed by atoms with van der Waals surface area (Å²) in [5.41, 5.74) is 0.319. The van der Waals surface area contributed by atoms with Crippen LogP contribution in [0.5, 0.6) is 0 Å². The minimum Gasteiger partial charge on any atom is -0.488 e. The van der Waals surface area contributed by atoms with Gasteiger partial charge in [-0.25, -0.2) is 0 Å². The largest absolute Gasteiger partial charge is 0.488 e. The summed E-state index contributed by atoms with van der Waals surface area (Å²) >= 11 is 0. The summed E-state index contributed by atoms with van der Waals surface area (Å²) in [5.74, 6) is 0.479. The topological polar surface area (TPSA) is 29.5 Å². The van der Waals surface area contributed by atoms with Crippen LogP contribution < -0.4 is 0 Å². The van der Waals surface area contributed by atoms with Crippen LogP contribution in [0.4, 0.5) is 0 Å². The van der Waals surface area contributed by atoms with E-state index in [-0.39, 0.29) is 5.78 Å². The zero-order valence-corrected chi connectivity index (χ0v) is 10.2. The van der Waals surface area contributed by atoms with Crippen molar-refractivity contribution in [3.63, 3.8) is 0 Å². The predicted octanol–water partition coefficient (Wildman–Crippen LogP) is 2.19. The Morgan fingerprint density at radius 3 is 2.53 bits per heavy atom. The minimum absolute atomic E-state index is 0.000417. The molecule has 0 aromatic carbocycles. The summed E-state index contributed by atoms with van der Waals surface area (Å²) in [4.78, 5) is 13.3. The first-order chi connectivity index (χ1) is 6.97. The monoisotopic (exact) mass is 211 g/mol. The summed E-state index contributed by atoms with van der Waals surface area (Å²) in [6.07, 6.45) is 4.21. The van der Waals surface area contributed by atoms with E-state index in [2.05, 4.69) is 6.92 Å². The molecule has 15 heavy (non-hydrogen) atoms. The third-order valence-electron chi connectivity index (χ3n) is 2.86. The van der Waals surface area contributed by atoms with Gasteiger partial charge in [0.25, 0.3) is 0 Å². The SMILES string of the molecule is CCN(C)/C=C(/OCC1(C)CC1)C(C)=O. The molecular formula is C12H21NO2. The summed E-state index contributed by atoms with van der Waals surface area (Å²) in [6, 6.07) is 0.